The molecule has 0 aliphatic heterocycles. The van der Waals surface area contributed by atoms with Crippen molar-refractivity contribution in [2.45, 2.75) is 26.4 Å². The third-order valence-corrected chi connectivity index (χ3v) is 2.36. The van der Waals surface area contributed by atoms with Crippen LogP contribution in [0.4, 0.5) is 10.6 Å². The standard InChI is InChI=1S/C10H14N2O4S/c1-10(2,3)16-9(14)12-7-6(8(13)15-4)17-5-11-7/h5H,1-4H3,(H,12,14). The molecule has 1 N–H and O–H groups in total. The number of hydrogen-bond donors (Lipinski definition) is 1. The number of hydrogen-bond acceptors (Lipinski definition) is 6. The van der Waals surface area contributed by atoms with Gasteiger partial charge in [-0.05, 0) is 20.8 Å². The zero-order chi connectivity index (χ0) is 13.1. The minimum Gasteiger partial charge on any atom is -0.465 e. The molecule has 0 bridgehead atoms. The highest BCUT2D eigenvalue weighted by atomic mass is 32.1. The van der Waals surface area contributed by atoms with Crippen LogP contribution in [0.5, 0.6) is 0 Å². The van der Waals surface area contributed by atoms with Gasteiger partial charge in [0.2, 0.25) is 0 Å². The molecule has 0 radical (unpaired) electrons. The summed E-state index contributed by atoms with van der Waals surface area (Å²) in [5.74, 6) is -0.394. The number of amides is 1. The highest BCUT2D eigenvalue weighted by Crippen LogP contribution is 2.20. The lowest BCUT2D eigenvalue weighted by Crippen LogP contribution is -2.27. The topological polar surface area (TPSA) is 77.5 Å². The number of carbonyl (C=O) groups excluding carboxylic acids is 2. The largest absolute Gasteiger partial charge is 0.465 e. The fourth-order valence-corrected chi connectivity index (χ4v) is 1.63. The molecule has 1 heterocycles. The Hall–Kier alpha value is -1.63. The van der Waals surface area contributed by atoms with Gasteiger partial charge in [-0.25, -0.2) is 14.6 Å². The van der Waals surface area contributed by atoms with Crippen LogP contribution in [0.25, 0.3) is 0 Å². The van der Waals surface area contributed by atoms with Crippen molar-refractivity contribution in [3.8, 4) is 0 Å². The normalized spacial score (nSPS) is 10.8. The molecule has 1 aromatic heterocycles. The van der Waals surface area contributed by atoms with Crippen LogP contribution in [0.1, 0.15) is 30.4 Å². The van der Waals surface area contributed by atoms with Crippen LogP contribution in [0, 0.1) is 0 Å². The van der Waals surface area contributed by atoms with E-state index in [-0.39, 0.29) is 10.7 Å². The van der Waals surface area contributed by atoms with Crippen LogP contribution in [-0.4, -0.2) is 29.8 Å². The second kappa shape index (κ2) is 5.13. The lowest BCUT2D eigenvalue weighted by atomic mass is 10.2. The minimum atomic E-state index is -0.659. The summed E-state index contributed by atoms with van der Waals surface area (Å²) in [6, 6.07) is 0. The van der Waals surface area contributed by atoms with Crippen molar-refractivity contribution in [2.75, 3.05) is 12.4 Å². The summed E-state index contributed by atoms with van der Waals surface area (Å²) < 4.78 is 9.60. The number of thiazole rings is 1. The molecule has 0 unspecified atom stereocenters. The fourth-order valence-electron chi connectivity index (χ4n) is 0.973. The monoisotopic (exact) mass is 258 g/mol. The molecule has 0 saturated heterocycles. The minimum absolute atomic E-state index is 0.149. The van der Waals surface area contributed by atoms with Crippen LogP contribution < -0.4 is 5.32 Å². The van der Waals surface area contributed by atoms with Gasteiger partial charge >= 0.3 is 12.1 Å². The first kappa shape index (κ1) is 13.4. The predicted molar refractivity (Wildman–Crippen MR) is 63.3 cm³/mol. The van der Waals surface area contributed by atoms with Crippen LogP contribution in [0.2, 0.25) is 0 Å². The summed E-state index contributed by atoms with van der Waals surface area (Å²) in [6.07, 6.45) is -0.659. The van der Waals surface area contributed by atoms with E-state index >= 15 is 0 Å². The maximum absolute atomic E-state index is 11.5. The summed E-state index contributed by atoms with van der Waals surface area (Å²) in [5.41, 5.74) is 0.838. The van der Waals surface area contributed by atoms with Crippen molar-refractivity contribution >= 4 is 29.2 Å². The van der Waals surface area contributed by atoms with E-state index in [2.05, 4.69) is 15.0 Å². The van der Waals surface area contributed by atoms with Crippen LogP contribution in [0.3, 0.4) is 0 Å². The van der Waals surface area contributed by atoms with Crippen molar-refractivity contribution in [3.05, 3.63) is 10.4 Å². The van der Waals surface area contributed by atoms with E-state index in [4.69, 9.17) is 4.74 Å². The molecule has 1 rings (SSSR count). The molecule has 0 spiro atoms. The average molecular weight is 258 g/mol. The molecule has 0 aliphatic carbocycles. The molecule has 17 heavy (non-hydrogen) atoms. The van der Waals surface area contributed by atoms with Gasteiger partial charge in [0.1, 0.15) is 5.60 Å². The first-order valence-corrected chi connectivity index (χ1v) is 5.73. The van der Waals surface area contributed by atoms with Gasteiger partial charge in [0.15, 0.2) is 10.7 Å². The maximum Gasteiger partial charge on any atom is 0.413 e. The van der Waals surface area contributed by atoms with Crippen molar-refractivity contribution in [2.24, 2.45) is 0 Å². The molecular weight excluding hydrogens is 244 g/mol. The molecule has 0 saturated carbocycles. The smallest absolute Gasteiger partial charge is 0.413 e. The van der Waals surface area contributed by atoms with E-state index in [0.29, 0.717) is 0 Å². The Balaban J connectivity index is 2.72. The number of carbonyl (C=O) groups is 2. The number of esters is 1. The van der Waals surface area contributed by atoms with Crippen molar-refractivity contribution in [1.82, 2.24) is 4.98 Å². The maximum atomic E-state index is 11.5. The molecule has 0 atom stereocenters. The second-order valence-electron chi connectivity index (χ2n) is 4.15. The fraction of sp³-hybridized carbons (Fsp3) is 0.500. The summed E-state index contributed by atoms with van der Waals surface area (Å²) in [4.78, 5) is 26.9. The molecule has 0 fully saturated rings. The molecule has 94 valence electrons. The van der Waals surface area contributed by atoms with Gasteiger partial charge < -0.3 is 9.47 Å². The second-order valence-corrected chi connectivity index (χ2v) is 5.00. The molecular formula is C10H14N2O4S. The predicted octanol–water partition coefficient (Wildman–Crippen LogP) is 2.28. The van der Waals surface area contributed by atoms with Gasteiger partial charge in [0.05, 0.1) is 12.6 Å². The zero-order valence-corrected chi connectivity index (χ0v) is 10.9. The van der Waals surface area contributed by atoms with E-state index in [9.17, 15) is 9.59 Å². The van der Waals surface area contributed by atoms with Gasteiger partial charge in [-0.15, -0.1) is 11.3 Å². The molecule has 1 amide bonds. The van der Waals surface area contributed by atoms with E-state index in [1.165, 1.54) is 12.6 Å². The summed E-state index contributed by atoms with van der Waals surface area (Å²) >= 11 is 1.09. The van der Waals surface area contributed by atoms with Crippen molar-refractivity contribution in [3.63, 3.8) is 0 Å². The zero-order valence-electron chi connectivity index (χ0n) is 10.1. The van der Waals surface area contributed by atoms with Crippen LogP contribution >= 0.6 is 11.3 Å². The summed E-state index contributed by atoms with van der Waals surface area (Å²) in [6.45, 7) is 5.23. The van der Waals surface area contributed by atoms with Crippen molar-refractivity contribution in [1.29, 1.82) is 0 Å². The van der Waals surface area contributed by atoms with E-state index in [0.717, 1.165) is 11.3 Å². The number of aromatic nitrogens is 1. The first-order chi connectivity index (χ1) is 7.83. The Morgan fingerprint density at radius 2 is 2.06 bits per heavy atom. The average Bonchev–Trinajstić information content (AvgIpc) is 2.61. The quantitative estimate of drug-likeness (QED) is 0.823. The third-order valence-electron chi connectivity index (χ3n) is 1.56. The SMILES string of the molecule is COC(=O)c1scnc1NC(=O)OC(C)(C)C. The summed E-state index contributed by atoms with van der Waals surface area (Å²) in [5, 5.41) is 2.40. The molecule has 7 heteroatoms. The first-order valence-electron chi connectivity index (χ1n) is 4.85. The van der Waals surface area contributed by atoms with E-state index < -0.39 is 17.7 Å². The number of methoxy groups -OCH3 is 1. The Labute approximate surface area is 103 Å². The Bertz CT molecular complexity index is 422. The number of anilines is 1. The lowest BCUT2D eigenvalue weighted by Gasteiger charge is -2.19. The number of rotatable bonds is 2. The third kappa shape index (κ3) is 4.03. The number of nitrogens with zero attached hydrogens (tertiary/aromatic N) is 1. The molecule has 0 aromatic carbocycles. The van der Waals surface area contributed by atoms with Gasteiger partial charge in [-0.3, -0.25) is 5.32 Å². The lowest BCUT2D eigenvalue weighted by molar-refractivity contribution is 0.0607. The van der Waals surface area contributed by atoms with Gasteiger partial charge in [-0.2, -0.15) is 0 Å². The van der Waals surface area contributed by atoms with E-state index in [1.807, 2.05) is 0 Å². The van der Waals surface area contributed by atoms with Crippen molar-refractivity contribution < 1.29 is 19.1 Å². The van der Waals surface area contributed by atoms with Gasteiger partial charge in [0.25, 0.3) is 0 Å². The molecule has 6 nitrogen and oxygen atoms in total. The van der Waals surface area contributed by atoms with Gasteiger partial charge in [-0.1, -0.05) is 0 Å². The van der Waals surface area contributed by atoms with Gasteiger partial charge in [0, 0.05) is 0 Å². The number of nitrogens with one attached hydrogen (secondary N) is 1. The highest BCUT2D eigenvalue weighted by molar-refractivity contribution is 7.12. The Morgan fingerprint density at radius 3 is 2.59 bits per heavy atom. The van der Waals surface area contributed by atoms with Crippen LogP contribution in [-0.2, 0) is 9.47 Å². The van der Waals surface area contributed by atoms with E-state index in [1.54, 1.807) is 20.8 Å². The number of ether oxygens (including phenoxy) is 2. The van der Waals surface area contributed by atoms with Crippen LogP contribution in [0.15, 0.2) is 5.51 Å². The molecule has 1 aromatic rings. The Kier molecular flexibility index (Phi) is 4.06. The summed E-state index contributed by atoms with van der Waals surface area (Å²) in [7, 11) is 1.26. The highest BCUT2D eigenvalue weighted by Gasteiger charge is 2.21. The molecule has 0 aliphatic rings. The Morgan fingerprint density at radius 1 is 1.41 bits per heavy atom.